The van der Waals surface area contributed by atoms with Gasteiger partial charge >= 0.3 is 0 Å². The van der Waals surface area contributed by atoms with E-state index in [1.807, 2.05) is 6.92 Å². The summed E-state index contributed by atoms with van der Waals surface area (Å²) in [5, 5.41) is 9.18. The fourth-order valence-electron chi connectivity index (χ4n) is 1.71. The van der Waals surface area contributed by atoms with Crippen molar-refractivity contribution in [3.8, 4) is 0 Å². The summed E-state index contributed by atoms with van der Waals surface area (Å²) in [6.07, 6.45) is 4.96. The summed E-state index contributed by atoms with van der Waals surface area (Å²) < 4.78 is 0. The summed E-state index contributed by atoms with van der Waals surface area (Å²) >= 11 is 0. The first kappa shape index (κ1) is 14.9. The predicted molar refractivity (Wildman–Crippen MR) is 66.2 cm³/mol. The third kappa shape index (κ3) is 11.8. The first-order chi connectivity index (χ1) is 7.02. The van der Waals surface area contributed by atoms with Crippen molar-refractivity contribution in [3.05, 3.63) is 0 Å². The summed E-state index contributed by atoms with van der Waals surface area (Å²) in [6.45, 7) is 4.93. The van der Waals surface area contributed by atoms with Crippen LogP contribution in [0.15, 0.2) is 0 Å². The molecular formula is C12H28N2O. The lowest BCUT2D eigenvalue weighted by Gasteiger charge is -2.18. The van der Waals surface area contributed by atoms with Crippen LogP contribution in [-0.4, -0.2) is 61.8 Å². The van der Waals surface area contributed by atoms with E-state index in [-0.39, 0.29) is 6.10 Å². The highest BCUT2D eigenvalue weighted by Crippen LogP contribution is 2.02. The molecule has 0 aliphatic heterocycles. The second-order valence-corrected chi connectivity index (χ2v) is 4.83. The molecule has 0 aliphatic rings. The van der Waals surface area contributed by atoms with Gasteiger partial charge in [-0.15, -0.1) is 0 Å². The predicted octanol–water partition coefficient (Wildman–Crippen LogP) is 1.42. The summed E-state index contributed by atoms with van der Waals surface area (Å²) in [5.41, 5.74) is 0. The van der Waals surface area contributed by atoms with Gasteiger partial charge in [-0.2, -0.15) is 0 Å². The highest BCUT2D eigenvalue weighted by atomic mass is 16.3. The fourth-order valence-corrected chi connectivity index (χ4v) is 1.71. The van der Waals surface area contributed by atoms with Crippen molar-refractivity contribution in [2.24, 2.45) is 0 Å². The van der Waals surface area contributed by atoms with E-state index >= 15 is 0 Å². The summed E-state index contributed by atoms with van der Waals surface area (Å²) in [7, 11) is 6.32. The minimum atomic E-state index is -0.205. The molecule has 1 unspecified atom stereocenters. The number of nitrogens with zero attached hydrogens (tertiary/aromatic N) is 2. The maximum atomic E-state index is 9.18. The number of hydrogen-bond donors (Lipinski definition) is 1. The Morgan fingerprint density at radius 2 is 1.47 bits per heavy atom. The van der Waals surface area contributed by atoms with Crippen LogP contribution in [0.4, 0.5) is 0 Å². The first-order valence-corrected chi connectivity index (χ1v) is 6.03. The Kier molecular flexibility index (Phi) is 9.06. The molecule has 0 aromatic carbocycles. The molecule has 15 heavy (non-hydrogen) atoms. The number of likely N-dealkylation sites (N-methyl/N-ethyl adjacent to an activating group) is 1. The third-order valence-corrected chi connectivity index (χ3v) is 2.47. The topological polar surface area (TPSA) is 26.7 Å². The molecule has 0 aromatic rings. The molecule has 0 saturated heterocycles. The molecule has 0 aromatic heterocycles. The van der Waals surface area contributed by atoms with Crippen LogP contribution in [0.2, 0.25) is 0 Å². The fraction of sp³-hybridized carbons (Fsp3) is 1.00. The molecule has 0 rings (SSSR count). The lowest BCUT2D eigenvalue weighted by atomic mass is 10.2. The Hall–Kier alpha value is -0.120. The number of aliphatic hydroxyl groups excluding tert-OH is 1. The lowest BCUT2D eigenvalue weighted by Crippen LogP contribution is -2.28. The van der Waals surface area contributed by atoms with E-state index in [0.717, 1.165) is 13.1 Å². The van der Waals surface area contributed by atoms with Crippen LogP contribution in [0.5, 0.6) is 0 Å². The van der Waals surface area contributed by atoms with Gasteiger partial charge in [-0.3, -0.25) is 0 Å². The van der Waals surface area contributed by atoms with Gasteiger partial charge in [-0.25, -0.2) is 0 Å². The second-order valence-electron chi connectivity index (χ2n) is 4.83. The van der Waals surface area contributed by atoms with Crippen molar-refractivity contribution >= 4 is 0 Å². The molecule has 92 valence electrons. The van der Waals surface area contributed by atoms with Gasteiger partial charge in [0.25, 0.3) is 0 Å². The molecule has 3 nitrogen and oxygen atoms in total. The number of rotatable bonds is 9. The number of unbranched alkanes of at least 4 members (excludes halogenated alkanes) is 3. The molecule has 0 radical (unpaired) electrons. The monoisotopic (exact) mass is 216 g/mol. The number of hydrogen-bond acceptors (Lipinski definition) is 3. The van der Waals surface area contributed by atoms with Gasteiger partial charge in [0.2, 0.25) is 0 Å². The van der Waals surface area contributed by atoms with Gasteiger partial charge in [0.05, 0.1) is 6.10 Å². The molecule has 3 heteroatoms. The Balaban J connectivity index is 3.16. The smallest absolute Gasteiger partial charge is 0.0638 e. The standard InChI is InChI=1S/C12H28N2O/c1-12(15)11-14(4)10-8-6-5-7-9-13(2)3/h12,15H,5-11H2,1-4H3. The molecule has 0 bridgehead atoms. The van der Waals surface area contributed by atoms with E-state index < -0.39 is 0 Å². The van der Waals surface area contributed by atoms with Crippen LogP contribution < -0.4 is 0 Å². The lowest BCUT2D eigenvalue weighted by molar-refractivity contribution is 0.140. The molecule has 1 atom stereocenters. The number of aliphatic hydroxyl groups is 1. The molecule has 0 aliphatic carbocycles. The minimum absolute atomic E-state index is 0.205. The summed E-state index contributed by atoms with van der Waals surface area (Å²) in [5.74, 6) is 0. The zero-order valence-corrected chi connectivity index (χ0v) is 10.9. The van der Waals surface area contributed by atoms with Gasteiger partial charge in [-0.1, -0.05) is 12.8 Å². The van der Waals surface area contributed by atoms with Crippen LogP contribution in [-0.2, 0) is 0 Å². The van der Waals surface area contributed by atoms with E-state index in [1.165, 1.54) is 32.2 Å². The van der Waals surface area contributed by atoms with Crippen molar-refractivity contribution in [2.45, 2.75) is 38.7 Å². The molecule has 0 heterocycles. The zero-order chi connectivity index (χ0) is 11.7. The van der Waals surface area contributed by atoms with E-state index in [9.17, 15) is 5.11 Å². The largest absolute Gasteiger partial charge is 0.392 e. The van der Waals surface area contributed by atoms with Crippen molar-refractivity contribution in [3.63, 3.8) is 0 Å². The van der Waals surface area contributed by atoms with Gasteiger partial charge in [-0.05, 0) is 54.0 Å². The third-order valence-electron chi connectivity index (χ3n) is 2.47. The van der Waals surface area contributed by atoms with Gasteiger partial charge in [0.1, 0.15) is 0 Å². The highest BCUT2D eigenvalue weighted by Gasteiger charge is 2.01. The first-order valence-electron chi connectivity index (χ1n) is 6.03. The summed E-state index contributed by atoms with van der Waals surface area (Å²) in [4.78, 5) is 4.44. The average Bonchev–Trinajstić information content (AvgIpc) is 2.09. The van der Waals surface area contributed by atoms with Crippen LogP contribution >= 0.6 is 0 Å². The molecular weight excluding hydrogens is 188 g/mol. The Bertz CT molecular complexity index is 138. The summed E-state index contributed by atoms with van der Waals surface area (Å²) in [6, 6.07) is 0. The van der Waals surface area contributed by atoms with Crippen molar-refractivity contribution < 1.29 is 5.11 Å². The van der Waals surface area contributed by atoms with Crippen molar-refractivity contribution in [2.75, 3.05) is 40.8 Å². The average molecular weight is 216 g/mol. The zero-order valence-electron chi connectivity index (χ0n) is 10.9. The van der Waals surface area contributed by atoms with Crippen LogP contribution in [0.1, 0.15) is 32.6 Å². The quantitative estimate of drug-likeness (QED) is 0.591. The SMILES string of the molecule is CC(O)CN(C)CCCCCCN(C)C. The van der Waals surface area contributed by atoms with E-state index in [2.05, 4.69) is 30.9 Å². The van der Waals surface area contributed by atoms with Crippen LogP contribution in [0, 0.1) is 0 Å². The van der Waals surface area contributed by atoms with Gasteiger partial charge < -0.3 is 14.9 Å². The minimum Gasteiger partial charge on any atom is -0.392 e. The van der Waals surface area contributed by atoms with E-state index in [4.69, 9.17) is 0 Å². The van der Waals surface area contributed by atoms with Crippen LogP contribution in [0.25, 0.3) is 0 Å². The highest BCUT2D eigenvalue weighted by molar-refractivity contribution is 4.56. The molecule has 0 saturated carbocycles. The molecule has 0 fully saturated rings. The normalized spacial score (nSPS) is 13.8. The van der Waals surface area contributed by atoms with Gasteiger partial charge in [0.15, 0.2) is 0 Å². The maximum absolute atomic E-state index is 9.18. The van der Waals surface area contributed by atoms with Crippen molar-refractivity contribution in [1.82, 2.24) is 9.80 Å². The molecule has 1 N–H and O–H groups in total. The Labute approximate surface area is 95.1 Å². The van der Waals surface area contributed by atoms with E-state index in [1.54, 1.807) is 0 Å². The second kappa shape index (κ2) is 9.13. The Morgan fingerprint density at radius 1 is 0.933 bits per heavy atom. The van der Waals surface area contributed by atoms with Crippen molar-refractivity contribution in [1.29, 1.82) is 0 Å². The maximum Gasteiger partial charge on any atom is 0.0638 e. The Morgan fingerprint density at radius 3 is 1.93 bits per heavy atom. The molecule has 0 spiro atoms. The van der Waals surface area contributed by atoms with E-state index in [0.29, 0.717) is 0 Å². The molecule has 0 amide bonds. The van der Waals surface area contributed by atoms with Gasteiger partial charge in [0, 0.05) is 6.54 Å². The van der Waals surface area contributed by atoms with Crippen LogP contribution in [0.3, 0.4) is 0 Å².